The third kappa shape index (κ3) is 2.59. The maximum absolute atomic E-state index is 14.1. The number of hydrogen-bond acceptors (Lipinski definition) is 4. The first kappa shape index (κ1) is 15.7. The van der Waals surface area contributed by atoms with E-state index in [4.69, 9.17) is 4.42 Å². The first-order valence-corrected chi connectivity index (χ1v) is 8.65. The molecule has 1 aliphatic rings. The standard InChI is InChI=1S/C20H15FN4O2/c21-14-4-2-1-3-13(14)17-7-8-25(17)20(26)16-9-12-5-6-15(23-19(12)24-16)18-10-22-11-27-18/h1-6,9-11,17H,7-8H2,(H,23,24)/t17-/m1/s1. The number of H-pyrrole nitrogens is 1. The van der Waals surface area contributed by atoms with Crippen LogP contribution in [-0.4, -0.2) is 32.3 Å². The molecule has 6 nitrogen and oxygen atoms in total. The van der Waals surface area contributed by atoms with Crippen molar-refractivity contribution in [2.75, 3.05) is 6.54 Å². The van der Waals surface area contributed by atoms with Crippen LogP contribution in [0.4, 0.5) is 4.39 Å². The first-order valence-electron chi connectivity index (χ1n) is 8.65. The molecule has 7 heteroatoms. The third-order valence-corrected chi connectivity index (χ3v) is 4.94. The molecule has 0 spiro atoms. The number of aromatic nitrogens is 3. The molecule has 1 N–H and O–H groups in total. The molecule has 27 heavy (non-hydrogen) atoms. The molecule has 0 radical (unpaired) electrons. The maximum Gasteiger partial charge on any atom is 0.270 e. The predicted octanol–water partition coefficient (Wildman–Crippen LogP) is 3.94. The van der Waals surface area contributed by atoms with Gasteiger partial charge in [-0.3, -0.25) is 4.79 Å². The number of benzene rings is 1. The van der Waals surface area contributed by atoms with Crippen molar-refractivity contribution in [1.29, 1.82) is 0 Å². The van der Waals surface area contributed by atoms with E-state index in [1.165, 1.54) is 12.5 Å². The van der Waals surface area contributed by atoms with Crippen LogP contribution in [0.15, 0.2) is 59.5 Å². The van der Waals surface area contributed by atoms with Crippen molar-refractivity contribution in [3.63, 3.8) is 0 Å². The van der Waals surface area contributed by atoms with Gasteiger partial charge in [0.15, 0.2) is 12.2 Å². The highest BCUT2D eigenvalue weighted by Gasteiger charge is 2.35. The van der Waals surface area contributed by atoms with Crippen LogP contribution in [0, 0.1) is 5.82 Å². The highest BCUT2D eigenvalue weighted by Crippen LogP contribution is 2.36. The number of rotatable bonds is 3. The van der Waals surface area contributed by atoms with Crippen LogP contribution in [0.3, 0.4) is 0 Å². The molecule has 5 rings (SSSR count). The molecule has 1 atom stereocenters. The van der Waals surface area contributed by atoms with E-state index < -0.39 is 0 Å². The van der Waals surface area contributed by atoms with Gasteiger partial charge in [-0.2, -0.15) is 0 Å². The average Bonchev–Trinajstić information content (AvgIpc) is 3.31. The van der Waals surface area contributed by atoms with E-state index in [0.717, 1.165) is 11.8 Å². The minimum absolute atomic E-state index is 0.159. The lowest BCUT2D eigenvalue weighted by Gasteiger charge is -2.41. The van der Waals surface area contributed by atoms with Crippen molar-refractivity contribution in [2.45, 2.75) is 12.5 Å². The number of carbonyl (C=O) groups is 1. The maximum atomic E-state index is 14.1. The SMILES string of the molecule is O=C(c1cc2ccc(-c3cnco3)nc2[nH]1)N1CC[C@@H]1c1ccccc1F. The molecule has 1 aromatic carbocycles. The van der Waals surface area contributed by atoms with Gasteiger partial charge < -0.3 is 14.3 Å². The number of likely N-dealkylation sites (tertiary alicyclic amines) is 1. The number of carbonyl (C=O) groups excluding carboxylic acids is 1. The Hall–Kier alpha value is -3.48. The molecule has 4 heterocycles. The predicted molar refractivity (Wildman–Crippen MR) is 96.4 cm³/mol. The summed E-state index contributed by atoms with van der Waals surface area (Å²) in [6.07, 6.45) is 3.68. The van der Waals surface area contributed by atoms with Gasteiger partial charge in [0.05, 0.1) is 12.2 Å². The summed E-state index contributed by atoms with van der Waals surface area (Å²) >= 11 is 0. The van der Waals surface area contributed by atoms with E-state index in [1.807, 2.05) is 12.1 Å². The van der Waals surface area contributed by atoms with Crippen LogP contribution in [0.5, 0.6) is 0 Å². The fraction of sp³-hybridized carbons (Fsp3) is 0.150. The zero-order valence-corrected chi connectivity index (χ0v) is 14.2. The fourth-order valence-corrected chi connectivity index (χ4v) is 3.45. The molecular formula is C20H15FN4O2. The largest absolute Gasteiger partial charge is 0.442 e. The van der Waals surface area contributed by atoms with Crippen molar-refractivity contribution in [1.82, 2.24) is 19.9 Å². The molecule has 1 saturated heterocycles. The van der Waals surface area contributed by atoms with E-state index in [2.05, 4.69) is 15.0 Å². The molecule has 3 aromatic heterocycles. The monoisotopic (exact) mass is 362 g/mol. The number of pyridine rings is 1. The Bertz CT molecular complexity index is 1140. The molecule has 4 aromatic rings. The summed E-state index contributed by atoms with van der Waals surface area (Å²) in [6.45, 7) is 0.601. The molecule has 1 aliphatic heterocycles. The fourth-order valence-electron chi connectivity index (χ4n) is 3.45. The number of hydrogen-bond donors (Lipinski definition) is 1. The van der Waals surface area contributed by atoms with Crippen LogP contribution < -0.4 is 0 Å². The van der Waals surface area contributed by atoms with Crippen molar-refractivity contribution in [2.24, 2.45) is 0 Å². The van der Waals surface area contributed by atoms with Gasteiger partial charge in [0.25, 0.3) is 5.91 Å². The van der Waals surface area contributed by atoms with Crippen LogP contribution >= 0.6 is 0 Å². The Morgan fingerprint density at radius 1 is 1.26 bits per heavy atom. The van der Waals surface area contributed by atoms with Gasteiger partial charge in [0.2, 0.25) is 0 Å². The van der Waals surface area contributed by atoms with Gasteiger partial charge in [-0.1, -0.05) is 18.2 Å². The quantitative estimate of drug-likeness (QED) is 0.599. The Balaban J connectivity index is 1.45. The number of aromatic amines is 1. The minimum atomic E-state index is -0.282. The lowest BCUT2D eigenvalue weighted by molar-refractivity contribution is 0.0448. The second-order valence-corrected chi connectivity index (χ2v) is 6.51. The number of amides is 1. The molecule has 1 fully saturated rings. The van der Waals surface area contributed by atoms with Gasteiger partial charge in [0.1, 0.15) is 22.9 Å². The van der Waals surface area contributed by atoms with Crippen molar-refractivity contribution in [3.8, 4) is 11.5 Å². The van der Waals surface area contributed by atoms with Gasteiger partial charge in [-0.05, 0) is 30.7 Å². The van der Waals surface area contributed by atoms with Crippen molar-refractivity contribution in [3.05, 3.63) is 72.1 Å². The molecule has 0 aliphatic carbocycles. The smallest absolute Gasteiger partial charge is 0.270 e. The summed E-state index contributed by atoms with van der Waals surface area (Å²) in [4.78, 5) is 26.1. The topological polar surface area (TPSA) is 75.0 Å². The third-order valence-electron chi connectivity index (χ3n) is 4.94. The highest BCUT2D eigenvalue weighted by molar-refractivity contribution is 5.98. The Morgan fingerprint density at radius 3 is 2.89 bits per heavy atom. The first-order chi connectivity index (χ1) is 13.2. The Labute approximate surface area is 153 Å². The minimum Gasteiger partial charge on any atom is -0.442 e. The second-order valence-electron chi connectivity index (χ2n) is 6.51. The number of nitrogens with one attached hydrogen (secondary N) is 1. The van der Waals surface area contributed by atoms with E-state index in [1.54, 1.807) is 35.4 Å². The lowest BCUT2D eigenvalue weighted by atomic mass is 9.94. The number of nitrogens with zero attached hydrogens (tertiary/aromatic N) is 3. The van der Waals surface area contributed by atoms with Gasteiger partial charge in [0, 0.05) is 17.5 Å². The number of halogens is 1. The van der Waals surface area contributed by atoms with Gasteiger partial charge in [-0.15, -0.1) is 0 Å². The molecule has 134 valence electrons. The molecule has 1 amide bonds. The number of oxazole rings is 1. The average molecular weight is 362 g/mol. The van der Waals surface area contributed by atoms with E-state index >= 15 is 0 Å². The summed E-state index contributed by atoms with van der Waals surface area (Å²) in [5.74, 6) is 0.116. The van der Waals surface area contributed by atoms with E-state index in [0.29, 0.717) is 34.9 Å². The lowest BCUT2D eigenvalue weighted by Crippen LogP contribution is -2.45. The normalized spacial score (nSPS) is 16.5. The van der Waals surface area contributed by atoms with Gasteiger partial charge >= 0.3 is 0 Å². The van der Waals surface area contributed by atoms with Crippen LogP contribution in [0.25, 0.3) is 22.5 Å². The van der Waals surface area contributed by atoms with E-state index in [9.17, 15) is 9.18 Å². The van der Waals surface area contributed by atoms with Gasteiger partial charge in [-0.25, -0.2) is 14.4 Å². The second kappa shape index (κ2) is 6.05. The van der Waals surface area contributed by atoms with E-state index in [-0.39, 0.29) is 17.8 Å². The Kier molecular flexibility index (Phi) is 3.53. The summed E-state index contributed by atoms with van der Waals surface area (Å²) in [7, 11) is 0. The summed E-state index contributed by atoms with van der Waals surface area (Å²) in [6, 6.07) is 11.8. The summed E-state index contributed by atoms with van der Waals surface area (Å²) in [5.41, 5.74) is 2.22. The molecule has 0 unspecified atom stereocenters. The van der Waals surface area contributed by atoms with Crippen LogP contribution in [0.2, 0.25) is 0 Å². The molecule has 0 bridgehead atoms. The van der Waals surface area contributed by atoms with Crippen LogP contribution in [0.1, 0.15) is 28.5 Å². The summed E-state index contributed by atoms with van der Waals surface area (Å²) < 4.78 is 19.3. The molecule has 0 saturated carbocycles. The zero-order valence-electron chi connectivity index (χ0n) is 14.2. The highest BCUT2D eigenvalue weighted by atomic mass is 19.1. The summed E-state index contributed by atoms with van der Waals surface area (Å²) in [5, 5.41) is 0.824. The number of fused-ring (bicyclic) bond motifs is 1. The Morgan fingerprint density at radius 2 is 2.15 bits per heavy atom. The zero-order chi connectivity index (χ0) is 18.4. The van der Waals surface area contributed by atoms with Crippen molar-refractivity contribution < 1.29 is 13.6 Å². The van der Waals surface area contributed by atoms with Crippen molar-refractivity contribution >= 4 is 16.9 Å². The molecular weight excluding hydrogens is 347 g/mol. The van der Waals surface area contributed by atoms with Crippen LogP contribution in [-0.2, 0) is 0 Å².